The first kappa shape index (κ1) is 15.2. The zero-order valence-corrected chi connectivity index (χ0v) is 11.9. The number of hydrogen-bond donors (Lipinski definition) is 0. The van der Waals surface area contributed by atoms with Gasteiger partial charge in [-0.1, -0.05) is 0 Å². The van der Waals surface area contributed by atoms with Crippen LogP contribution in [-0.2, 0) is 21.8 Å². The summed E-state index contributed by atoms with van der Waals surface area (Å²) in [4.78, 5) is 0. The third-order valence-electron chi connectivity index (χ3n) is 1.33. The standard InChI is InChI=1S/C8H20O5Si2/c1-5-9-14-13-15(10-6-2,11-7-3)12-8-4/h5-8H2,1-4H3. The average Bonchev–Trinajstić information content (AvgIpc) is 2.19. The second-order valence-corrected chi connectivity index (χ2v) is 5.56. The van der Waals surface area contributed by atoms with E-state index < -0.39 is 9.05 Å². The first-order valence-electron chi connectivity index (χ1n) is 5.21. The Balaban J connectivity index is 4.18. The maximum atomic E-state index is 5.47. The molecule has 0 atom stereocenters. The van der Waals surface area contributed by atoms with E-state index in [1.807, 2.05) is 27.7 Å². The highest BCUT2D eigenvalue weighted by Gasteiger charge is 2.44. The lowest BCUT2D eigenvalue weighted by molar-refractivity contribution is 0.00478. The molecule has 0 saturated heterocycles. The summed E-state index contributed by atoms with van der Waals surface area (Å²) in [6, 6.07) is 0. The summed E-state index contributed by atoms with van der Waals surface area (Å²) in [6.45, 7) is 9.66. The van der Waals surface area contributed by atoms with Crippen LogP contribution in [0.3, 0.4) is 0 Å². The molecular formula is C8H20O5Si2. The van der Waals surface area contributed by atoms with Crippen LogP contribution in [0.1, 0.15) is 27.7 Å². The smallest absolute Gasteiger partial charge is 0.393 e. The fourth-order valence-corrected chi connectivity index (χ4v) is 3.66. The monoisotopic (exact) mass is 252 g/mol. The summed E-state index contributed by atoms with van der Waals surface area (Å²) < 4.78 is 27.0. The molecule has 0 spiro atoms. The highest BCUT2D eigenvalue weighted by atomic mass is 28.4. The van der Waals surface area contributed by atoms with Crippen LogP contribution in [0.5, 0.6) is 0 Å². The maximum Gasteiger partial charge on any atom is 0.670 e. The average molecular weight is 252 g/mol. The lowest BCUT2D eigenvalue weighted by Gasteiger charge is -2.26. The van der Waals surface area contributed by atoms with Gasteiger partial charge in [-0.3, -0.25) is 0 Å². The van der Waals surface area contributed by atoms with Gasteiger partial charge in [0, 0.05) is 26.4 Å². The van der Waals surface area contributed by atoms with Gasteiger partial charge in [0.1, 0.15) is 0 Å². The van der Waals surface area contributed by atoms with Crippen molar-refractivity contribution >= 4 is 19.1 Å². The lowest BCUT2D eigenvalue weighted by Crippen LogP contribution is -2.50. The normalized spacial score (nSPS) is 12.0. The molecule has 5 nitrogen and oxygen atoms in total. The summed E-state index contributed by atoms with van der Waals surface area (Å²) in [5.41, 5.74) is 0. The summed E-state index contributed by atoms with van der Waals surface area (Å²) >= 11 is 0. The summed E-state index contributed by atoms with van der Waals surface area (Å²) in [7, 11) is -3.05. The zero-order chi connectivity index (χ0) is 11.6. The molecule has 0 amide bonds. The number of hydrogen-bond acceptors (Lipinski definition) is 5. The molecular weight excluding hydrogens is 232 g/mol. The molecule has 15 heavy (non-hydrogen) atoms. The van der Waals surface area contributed by atoms with E-state index >= 15 is 0 Å². The maximum absolute atomic E-state index is 5.47. The minimum atomic E-state index is -2.95. The Bertz CT molecular complexity index is 130. The van der Waals surface area contributed by atoms with Gasteiger partial charge in [-0.05, 0) is 27.7 Å². The van der Waals surface area contributed by atoms with Crippen molar-refractivity contribution in [2.24, 2.45) is 0 Å². The van der Waals surface area contributed by atoms with Crippen LogP contribution >= 0.6 is 0 Å². The molecule has 7 heteroatoms. The molecule has 0 aliphatic carbocycles. The van der Waals surface area contributed by atoms with Crippen molar-refractivity contribution in [3.63, 3.8) is 0 Å². The molecule has 0 fully saturated rings. The van der Waals surface area contributed by atoms with Gasteiger partial charge in [0.25, 0.3) is 0 Å². The molecule has 90 valence electrons. The largest absolute Gasteiger partial charge is 0.670 e. The van der Waals surface area contributed by atoms with Gasteiger partial charge in [-0.15, -0.1) is 0 Å². The molecule has 0 N–H and O–H groups in total. The van der Waals surface area contributed by atoms with E-state index in [0.29, 0.717) is 26.4 Å². The fourth-order valence-electron chi connectivity index (χ4n) is 0.883. The topological polar surface area (TPSA) is 46.2 Å². The molecule has 0 rings (SSSR count). The van der Waals surface area contributed by atoms with Crippen LogP contribution < -0.4 is 0 Å². The van der Waals surface area contributed by atoms with Crippen LogP contribution in [0.4, 0.5) is 0 Å². The molecule has 0 aromatic rings. The molecule has 0 aliphatic heterocycles. The second kappa shape index (κ2) is 9.46. The minimum absolute atomic E-state index is 0.100. The Hall–Kier alpha value is 0.234. The Morgan fingerprint density at radius 2 is 1.27 bits per heavy atom. The highest BCUT2D eigenvalue weighted by molar-refractivity contribution is 6.59. The summed E-state index contributed by atoms with van der Waals surface area (Å²) in [5, 5.41) is 0. The Morgan fingerprint density at radius 3 is 1.60 bits per heavy atom. The predicted molar refractivity (Wildman–Crippen MR) is 59.1 cm³/mol. The Morgan fingerprint density at radius 1 is 0.800 bits per heavy atom. The molecule has 0 aliphatic rings. The van der Waals surface area contributed by atoms with E-state index in [0.717, 1.165) is 0 Å². The van der Waals surface area contributed by atoms with E-state index in [1.54, 1.807) is 0 Å². The van der Waals surface area contributed by atoms with Crippen molar-refractivity contribution in [1.82, 2.24) is 0 Å². The first-order valence-corrected chi connectivity index (χ1v) is 7.66. The Labute approximate surface area is 95.6 Å². The predicted octanol–water partition coefficient (Wildman–Crippen LogP) is 1.12. The van der Waals surface area contributed by atoms with Crippen molar-refractivity contribution in [3.8, 4) is 0 Å². The summed E-state index contributed by atoms with van der Waals surface area (Å²) in [5.74, 6) is 0. The molecule has 0 unspecified atom stereocenters. The van der Waals surface area contributed by atoms with Crippen LogP contribution in [0.25, 0.3) is 0 Å². The van der Waals surface area contributed by atoms with E-state index in [9.17, 15) is 0 Å². The molecule has 0 bridgehead atoms. The minimum Gasteiger partial charge on any atom is -0.393 e. The van der Waals surface area contributed by atoms with Gasteiger partial charge in [0.05, 0.1) is 0 Å². The third kappa shape index (κ3) is 6.41. The van der Waals surface area contributed by atoms with E-state index in [1.165, 1.54) is 0 Å². The van der Waals surface area contributed by atoms with E-state index in [4.69, 9.17) is 21.8 Å². The zero-order valence-electron chi connectivity index (χ0n) is 9.87. The fraction of sp³-hybridized carbons (Fsp3) is 1.00. The first-order chi connectivity index (χ1) is 7.24. The van der Waals surface area contributed by atoms with Crippen LogP contribution in [0.15, 0.2) is 0 Å². The molecule has 0 heterocycles. The lowest BCUT2D eigenvalue weighted by atomic mass is 10.9. The highest BCUT2D eigenvalue weighted by Crippen LogP contribution is 2.11. The molecule has 0 aromatic carbocycles. The van der Waals surface area contributed by atoms with Crippen molar-refractivity contribution in [1.29, 1.82) is 0 Å². The van der Waals surface area contributed by atoms with E-state index in [-0.39, 0.29) is 10.0 Å². The molecule has 0 aromatic heterocycles. The van der Waals surface area contributed by atoms with Gasteiger partial charge < -0.3 is 21.8 Å². The van der Waals surface area contributed by atoms with Crippen LogP contribution in [-0.4, -0.2) is 45.5 Å². The third-order valence-corrected chi connectivity index (χ3v) is 5.00. The number of rotatable bonds is 10. The van der Waals surface area contributed by atoms with Gasteiger partial charge >= 0.3 is 19.1 Å². The molecule has 2 radical (unpaired) electrons. The quantitative estimate of drug-likeness (QED) is 0.431. The Kier molecular flexibility index (Phi) is 9.61. The van der Waals surface area contributed by atoms with Gasteiger partial charge in [-0.2, -0.15) is 0 Å². The van der Waals surface area contributed by atoms with Crippen LogP contribution in [0, 0.1) is 0 Å². The van der Waals surface area contributed by atoms with Crippen molar-refractivity contribution in [2.45, 2.75) is 27.7 Å². The SMILES string of the molecule is CCO[Si]O[Si](OCC)(OCC)OCC. The van der Waals surface area contributed by atoms with Gasteiger partial charge in [0.15, 0.2) is 0 Å². The molecule has 0 saturated carbocycles. The van der Waals surface area contributed by atoms with E-state index in [2.05, 4.69) is 0 Å². The van der Waals surface area contributed by atoms with Crippen molar-refractivity contribution < 1.29 is 21.8 Å². The van der Waals surface area contributed by atoms with Crippen LogP contribution in [0.2, 0.25) is 0 Å². The second-order valence-electron chi connectivity index (χ2n) is 2.42. The van der Waals surface area contributed by atoms with Crippen molar-refractivity contribution in [2.75, 3.05) is 26.4 Å². The van der Waals surface area contributed by atoms with Gasteiger partial charge in [0.2, 0.25) is 0 Å². The van der Waals surface area contributed by atoms with Crippen molar-refractivity contribution in [3.05, 3.63) is 0 Å². The summed E-state index contributed by atoms with van der Waals surface area (Å²) in [6.07, 6.45) is 0. The van der Waals surface area contributed by atoms with Gasteiger partial charge in [-0.25, -0.2) is 0 Å².